The topological polar surface area (TPSA) is 95.9 Å². The summed E-state index contributed by atoms with van der Waals surface area (Å²) in [5.74, 6) is 1.33. The van der Waals surface area contributed by atoms with Gasteiger partial charge in [0.2, 0.25) is 0 Å². The summed E-state index contributed by atoms with van der Waals surface area (Å²) in [5, 5.41) is 21.7. The highest BCUT2D eigenvalue weighted by Crippen LogP contribution is 2.38. The number of pyridine rings is 1. The Morgan fingerprint density at radius 1 is 1.08 bits per heavy atom. The first-order valence-electron chi connectivity index (χ1n) is 8.14. The molecular weight excluding hydrogens is 330 g/mol. The number of nitrogens with one attached hydrogen (secondary N) is 2. The molecule has 0 bridgehead atoms. The van der Waals surface area contributed by atoms with E-state index in [4.69, 9.17) is 9.47 Å². The van der Waals surface area contributed by atoms with Crippen LogP contribution in [0.15, 0.2) is 42.7 Å². The number of hydrogen-bond donors (Lipinski definition) is 2. The highest BCUT2D eigenvalue weighted by Gasteiger charge is 2.17. The summed E-state index contributed by atoms with van der Waals surface area (Å²) in [4.78, 5) is 4.39. The van der Waals surface area contributed by atoms with Gasteiger partial charge >= 0.3 is 0 Å². The zero-order valence-corrected chi connectivity index (χ0v) is 13.6. The van der Waals surface area contributed by atoms with E-state index in [0.717, 1.165) is 27.5 Å². The molecule has 0 saturated carbocycles. The lowest BCUT2D eigenvalue weighted by Gasteiger charge is -2.20. The van der Waals surface area contributed by atoms with Crippen molar-refractivity contribution in [1.82, 2.24) is 15.2 Å². The molecule has 0 spiro atoms. The van der Waals surface area contributed by atoms with Crippen LogP contribution in [0, 0.1) is 11.3 Å². The Labute approximate surface area is 148 Å². The van der Waals surface area contributed by atoms with E-state index in [1.165, 1.54) is 0 Å². The van der Waals surface area contributed by atoms with Gasteiger partial charge in [0.1, 0.15) is 19.3 Å². The van der Waals surface area contributed by atoms with Gasteiger partial charge in [-0.3, -0.25) is 10.1 Å². The first-order chi connectivity index (χ1) is 12.8. The average Bonchev–Trinajstić information content (AvgIpc) is 3.14. The molecule has 0 atom stereocenters. The van der Waals surface area contributed by atoms with E-state index in [0.29, 0.717) is 36.0 Å². The summed E-state index contributed by atoms with van der Waals surface area (Å²) in [5.41, 5.74) is 3.65. The van der Waals surface area contributed by atoms with Crippen LogP contribution >= 0.6 is 0 Å². The molecule has 3 heterocycles. The van der Waals surface area contributed by atoms with Crippen LogP contribution in [0.5, 0.6) is 11.5 Å². The largest absolute Gasteiger partial charge is 0.486 e. The molecule has 0 fully saturated rings. The number of hydrogen-bond acceptors (Lipinski definition) is 6. The Balaban J connectivity index is 1.67. The van der Waals surface area contributed by atoms with Gasteiger partial charge in [-0.1, -0.05) is 0 Å². The van der Waals surface area contributed by atoms with E-state index in [9.17, 15) is 5.26 Å². The van der Waals surface area contributed by atoms with Gasteiger partial charge in [0, 0.05) is 28.7 Å². The van der Waals surface area contributed by atoms with E-state index in [1.807, 2.05) is 30.3 Å². The number of aromatic amines is 1. The number of fused-ring (bicyclic) bond motifs is 3. The first-order valence-corrected chi connectivity index (χ1v) is 8.14. The van der Waals surface area contributed by atoms with E-state index >= 15 is 0 Å². The van der Waals surface area contributed by atoms with Crippen molar-refractivity contribution in [3.05, 3.63) is 48.3 Å². The van der Waals surface area contributed by atoms with Crippen molar-refractivity contribution in [2.75, 3.05) is 18.5 Å². The predicted octanol–water partition coefficient (Wildman–Crippen LogP) is 3.50. The zero-order chi connectivity index (χ0) is 17.5. The third-order valence-corrected chi connectivity index (χ3v) is 4.36. The minimum Gasteiger partial charge on any atom is -0.486 e. The lowest BCUT2D eigenvalue weighted by molar-refractivity contribution is 0.172. The quantitative estimate of drug-likeness (QED) is 0.578. The summed E-state index contributed by atoms with van der Waals surface area (Å²) in [6, 6.07) is 11.8. The van der Waals surface area contributed by atoms with E-state index in [-0.39, 0.29) is 0 Å². The van der Waals surface area contributed by atoms with Crippen LogP contribution in [0.1, 0.15) is 5.56 Å². The highest BCUT2D eigenvalue weighted by atomic mass is 16.6. The fraction of sp³-hybridized carbons (Fsp3) is 0.105. The third-order valence-electron chi connectivity index (χ3n) is 4.36. The molecule has 0 amide bonds. The number of anilines is 2. The fourth-order valence-corrected chi connectivity index (χ4v) is 3.11. The van der Waals surface area contributed by atoms with Crippen LogP contribution in [0.25, 0.3) is 21.8 Å². The maximum absolute atomic E-state index is 9.53. The number of aromatic nitrogens is 3. The Hall–Kier alpha value is -3.79. The van der Waals surface area contributed by atoms with Gasteiger partial charge in [-0.25, -0.2) is 0 Å². The lowest BCUT2D eigenvalue weighted by Crippen LogP contribution is -2.15. The second-order valence-electron chi connectivity index (χ2n) is 5.97. The Morgan fingerprint density at radius 3 is 2.77 bits per heavy atom. The van der Waals surface area contributed by atoms with Crippen molar-refractivity contribution in [3.63, 3.8) is 0 Å². The molecule has 2 aromatic heterocycles. The third kappa shape index (κ3) is 2.28. The monoisotopic (exact) mass is 343 g/mol. The number of ether oxygens (including phenoxy) is 2. The number of nitriles is 1. The SMILES string of the molecule is N#Cc1cnc2cc3c(cc2c1Nc1ccc2cn[nH]c2c1)OCCO3. The van der Waals surface area contributed by atoms with Gasteiger partial charge < -0.3 is 14.8 Å². The van der Waals surface area contributed by atoms with Gasteiger partial charge in [-0.15, -0.1) is 0 Å². The molecule has 7 heteroatoms. The molecule has 0 saturated heterocycles. The van der Waals surface area contributed by atoms with Crippen LogP contribution in [0.2, 0.25) is 0 Å². The molecular formula is C19H13N5O2. The van der Waals surface area contributed by atoms with Crippen molar-refractivity contribution in [2.24, 2.45) is 0 Å². The maximum Gasteiger partial charge on any atom is 0.163 e. The first kappa shape index (κ1) is 14.5. The van der Waals surface area contributed by atoms with Gasteiger partial charge in [-0.2, -0.15) is 10.4 Å². The normalized spacial score (nSPS) is 12.9. The predicted molar refractivity (Wildman–Crippen MR) is 96.8 cm³/mol. The van der Waals surface area contributed by atoms with Crippen LogP contribution in [0.3, 0.4) is 0 Å². The Bertz CT molecular complexity index is 1190. The number of H-pyrrole nitrogens is 1. The van der Waals surface area contributed by atoms with Crippen molar-refractivity contribution in [2.45, 2.75) is 0 Å². The molecule has 5 rings (SSSR count). The van der Waals surface area contributed by atoms with Gasteiger partial charge in [0.15, 0.2) is 11.5 Å². The standard InChI is InChI=1S/C19H13N5O2/c20-8-12-9-21-16-7-18-17(25-3-4-26-18)6-14(16)19(12)23-13-2-1-11-10-22-24-15(11)5-13/h1-2,5-7,9-10H,3-4H2,(H,21,23)(H,22,24). The van der Waals surface area contributed by atoms with E-state index < -0.39 is 0 Å². The Morgan fingerprint density at radius 2 is 1.92 bits per heavy atom. The van der Waals surface area contributed by atoms with Crippen molar-refractivity contribution < 1.29 is 9.47 Å². The summed E-state index contributed by atoms with van der Waals surface area (Å²) in [6.07, 6.45) is 3.33. The van der Waals surface area contributed by atoms with Gasteiger partial charge in [0.05, 0.1) is 28.5 Å². The van der Waals surface area contributed by atoms with Gasteiger partial charge in [0.25, 0.3) is 0 Å². The van der Waals surface area contributed by atoms with Crippen molar-refractivity contribution in [3.8, 4) is 17.6 Å². The second kappa shape index (κ2) is 5.63. The van der Waals surface area contributed by atoms with Crippen LogP contribution < -0.4 is 14.8 Å². The molecule has 0 unspecified atom stereocenters. The summed E-state index contributed by atoms with van der Waals surface area (Å²) >= 11 is 0. The number of benzene rings is 2. The maximum atomic E-state index is 9.53. The van der Waals surface area contributed by atoms with E-state index in [1.54, 1.807) is 12.4 Å². The molecule has 126 valence electrons. The van der Waals surface area contributed by atoms with Gasteiger partial charge in [-0.05, 0) is 24.3 Å². The number of nitrogens with zero attached hydrogens (tertiary/aromatic N) is 3. The Kier molecular flexibility index (Phi) is 3.15. The van der Waals surface area contributed by atoms with Crippen LogP contribution in [-0.4, -0.2) is 28.4 Å². The minimum atomic E-state index is 0.457. The molecule has 0 radical (unpaired) electrons. The van der Waals surface area contributed by atoms with Crippen molar-refractivity contribution in [1.29, 1.82) is 5.26 Å². The highest BCUT2D eigenvalue weighted by molar-refractivity contribution is 5.98. The number of rotatable bonds is 2. The second-order valence-corrected chi connectivity index (χ2v) is 5.97. The summed E-state index contributed by atoms with van der Waals surface area (Å²) < 4.78 is 11.3. The van der Waals surface area contributed by atoms with Crippen LogP contribution in [-0.2, 0) is 0 Å². The molecule has 2 aromatic carbocycles. The lowest BCUT2D eigenvalue weighted by atomic mass is 10.1. The summed E-state index contributed by atoms with van der Waals surface area (Å²) in [6.45, 7) is 1.02. The zero-order valence-electron chi connectivity index (χ0n) is 13.6. The van der Waals surface area contributed by atoms with Crippen molar-refractivity contribution >= 4 is 33.2 Å². The minimum absolute atomic E-state index is 0.457. The molecule has 4 aromatic rings. The fourth-order valence-electron chi connectivity index (χ4n) is 3.11. The molecule has 1 aliphatic rings. The average molecular weight is 343 g/mol. The van der Waals surface area contributed by atoms with Crippen LogP contribution in [0.4, 0.5) is 11.4 Å². The molecule has 1 aliphatic heterocycles. The summed E-state index contributed by atoms with van der Waals surface area (Å²) in [7, 11) is 0. The molecule has 7 nitrogen and oxygen atoms in total. The smallest absolute Gasteiger partial charge is 0.163 e. The van der Waals surface area contributed by atoms with E-state index in [2.05, 4.69) is 26.6 Å². The molecule has 26 heavy (non-hydrogen) atoms. The molecule has 2 N–H and O–H groups in total. The molecule has 0 aliphatic carbocycles.